The van der Waals surface area contributed by atoms with Gasteiger partial charge < -0.3 is 4.90 Å². The maximum Gasteiger partial charge on any atom is 0.0462 e. The molecule has 0 unspecified atom stereocenters. The second kappa shape index (κ2) is 23.1. The number of aryl methyl sites for hydroxylation is 4. The van der Waals surface area contributed by atoms with E-state index >= 15 is 0 Å². The Morgan fingerprint density at radius 1 is 0.292 bits per heavy atom. The van der Waals surface area contributed by atoms with Gasteiger partial charge in [0.05, 0.1) is 0 Å². The first-order valence-corrected chi connectivity index (χ1v) is 31.4. The van der Waals surface area contributed by atoms with Crippen LogP contribution in [0.15, 0.2) is 267 Å². The average Bonchev–Trinajstić information content (AvgIpc) is 1.26. The Labute approximate surface area is 524 Å². The minimum atomic E-state index is 0.878. The summed E-state index contributed by atoms with van der Waals surface area (Å²) in [6.45, 7) is 24.9. The van der Waals surface area contributed by atoms with Crippen LogP contribution in [0, 0.1) is 48.5 Å². The zero-order chi connectivity index (χ0) is 61.2. The molecule has 0 spiro atoms. The van der Waals surface area contributed by atoms with E-state index in [0.717, 1.165) is 29.1 Å². The molecule has 0 fully saturated rings. The lowest BCUT2D eigenvalue weighted by molar-refractivity contribution is 1.28. The lowest BCUT2D eigenvalue weighted by Crippen LogP contribution is -2.28. The molecule has 0 saturated heterocycles. The van der Waals surface area contributed by atoms with E-state index in [-0.39, 0.29) is 0 Å². The molecule has 1 nitrogen and oxygen atoms in total. The van der Waals surface area contributed by atoms with Crippen LogP contribution in [-0.2, 0) is 0 Å². The van der Waals surface area contributed by atoms with Crippen LogP contribution >= 0.6 is 0 Å². The summed E-state index contributed by atoms with van der Waals surface area (Å²) in [6.07, 6.45) is 7.74. The molecule has 0 aliphatic heterocycles. The van der Waals surface area contributed by atoms with Crippen molar-refractivity contribution >= 4 is 76.9 Å². The number of anilines is 3. The van der Waals surface area contributed by atoms with Crippen LogP contribution in [0.25, 0.3) is 115 Å². The highest BCUT2D eigenvalue weighted by Gasteiger charge is 2.20. The summed E-state index contributed by atoms with van der Waals surface area (Å²) in [4.78, 5) is 2.40. The zero-order valence-corrected chi connectivity index (χ0v) is 52.6. The molecular weight excluding hydrogens is 1070 g/mol. The topological polar surface area (TPSA) is 3.24 Å². The molecule has 0 bridgehead atoms. The van der Waals surface area contributed by atoms with Gasteiger partial charge in [0.15, 0.2) is 0 Å². The Morgan fingerprint density at radius 3 is 1.03 bits per heavy atom. The fourth-order valence-electron chi connectivity index (χ4n) is 14.5. The molecule has 0 N–H and O–H groups in total. The van der Waals surface area contributed by atoms with Gasteiger partial charge in [-0.3, -0.25) is 0 Å². The number of allylic oxidation sites excluding steroid dienone is 5. The zero-order valence-electron chi connectivity index (χ0n) is 52.6. The largest absolute Gasteiger partial charge is 0.311 e. The van der Waals surface area contributed by atoms with Crippen LogP contribution in [0.4, 0.5) is 17.1 Å². The fourth-order valence-corrected chi connectivity index (χ4v) is 14.5. The van der Waals surface area contributed by atoms with E-state index in [1.54, 1.807) is 0 Å². The summed E-state index contributed by atoms with van der Waals surface area (Å²) in [5, 5.41) is 13.1. The highest BCUT2D eigenvalue weighted by molar-refractivity contribution is 6.08. The van der Waals surface area contributed by atoms with Crippen molar-refractivity contribution in [3.8, 4) is 55.6 Å². The van der Waals surface area contributed by atoms with E-state index in [4.69, 9.17) is 0 Å². The Balaban J connectivity index is 0.823. The molecule has 1 aliphatic rings. The molecule has 1 aliphatic carbocycles. The Kier molecular flexibility index (Phi) is 14.6. The van der Waals surface area contributed by atoms with Gasteiger partial charge in [-0.15, -0.1) is 0 Å². The van der Waals surface area contributed by atoms with Crippen molar-refractivity contribution in [3.63, 3.8) is 0 Å². The first-order chi connectivity index (χ1) is 43.3. The van der Waals surface area contributed by atoms with E-state index in [9.17, 15) is 0 Å². The van der Waals surface area contributed by atoms with Crippen molar-refractivity contribution in [3.05, 3.63) is 322 Å². The summed E-state index contributed by atoms with van der Waals surface area (Å²) in [5.74, 6) is 0. The van der Waals surface area contributed by atoms with E-state index in [1.165, 1.54) is 170 Å². The lowest BCUT2D eigenvalue weighted by atomic mass is 9.88. The minimum absolute atomic E-state index is 0.878. The highest BCUT2D eigenvalue weighted by atomic mass is 15.1. The SMILES string of the molecule is C=C1/C=C(c2cccc(-c3ccc(N(c4ccc(-c5cccc(-c6ccc7c(C)c8ccccc8c(C)c7c6)c5C)cc4)c4ccc(-c5cccc(-c6ccc7c(C)c8ccccc8c(C)c7c6)c5C)cc4)cc3)c2C)\C=C/C/C(C)=c2/ccccc2=C1C. The molecule has 0 amide bonds. The van der Waals surface area contributed by atoms with Gasteiger partial charge >= 0.3 is 0 Å². The molecule has 89 heavy (non-hydrogen) atoms. The van der Waals surface area contributed by atoms with E-state index in [1.807, 2.05) is 0 Å². The number of hydrogen-bond donors (Lipinski definition) is 0. The average molecular weight is 1140 g/mol. The summed E-state index contributed by atoms with van der Waals surface area (Å²) in [7, 11) is 0. The maximum atomic E-state index is 4.61. The van der Waals surface area contributed by atoms with Gasteiger partial charge in [-0.2, -0.15) is 0 Å². The van der Waals surface area contributed by atoms with Crippen LogP contribution in [-0.4, -0.2) is 0 Å². The smallest absolute Gasteiger partial charge is 0.0462 e. The second-order valence-electron chi connectivity index (χ2n) is 24.7. The first kappa shape index (κ1) is 56.5. The third kappa shape index (κ3) is 10.0. The van der Waals surface area contributed by atoms with Crippen molar-refractivity contribution < 1.29 is 0 Å². The molecule has 0 radical (unpaired) electrons. The lowest BCUT2D eigenvalue weighted by Gasteiger charge is -2.26. The van der Waals surface area contributed by atoms with Crippen molar-refractivity contribution in [2.24, 2.45) is 0 Å². The van der Waals surface area contributed by atoms with Gasteiger partial charge in [-0.05, 0) is 294 Å². The molecule has 430 valence electrons. The quantitative estimate of drug-likeness (QED) is 0.130. The van der Waals surface area contributed by atoms with Crippen LogP contribution in [0.3, 0.4) is 0 Å². The van der Waals surface area contributed by atoms with Gasteiger partial charge in [0.25, 0.3) is 0 Å². The Morgan fingerprint density at radius 2 is 0.618 bits per heavy atom. The Hall–Kier alpha value is -10.3. The van der Waals surface area contributed by atoms with Crippen LogP contribution < -0.4 is 15.3 Å². The summed E-state index contributed by atoms with van der Waals surface area (Å²) in [6, 6.07) is 88.2. The number of rotatable bonds is 9. The predicted octanol–water partition coefficient (Wildman–Crippen LogP) is 23.2. The summed E-state index contributed by atoms with van der Waals surface area (Å²) in [5.41, 5.74) is 30.5. The van der Waals surface area contributed by atoms with Gasteiger partial charge in [0.2, 0.25) is 0 Å². The number of nitrogens with zero attached hydrogens (tertiary/aromatic N) is 1. The van der Waals surface area contributed by atoms with Crippen LogP contribution in [0.2, 0.25) is 0 Å². The Bertz CT molecular complexity index is 5010. The maximum absolute atomic E-state index is 4.61. The van der Waals surface area contributed by atoms with Crippen LogP contribution in [0.5, 0.6) is 0 Å². The highest BCUT2D eigenvalue weighted by Crippen LogP contribution is 2.43. The van der Waals surface area contributed by atoms with E-state index in [2.05, 4.69) is 329 Å². The molecule has 14 rings (SSSR count). The standard InChI is InChI=1S/C88H73N/c1-54-21-17-22-67(51-55(2)56(3)80-24-12-11-23-73(54)80)77-32-18-29-74(57(77)4)64-35-43-70(44-36-64)89(71-45-37-65(38-46-71)75-30-19-33-78(58(75)5)68-41-49-85-60(7)81-25-13-15-27-83(81)62(9)87(85)52-68)72-47-39-66(40-48-72)76-31-20-34-79(59(76)6)69-42-50-86-61(8)82-26-14-16-28-84(82)63(10)88(86)53-69/h11-20,22-53H,2,21H2,1,3-10H3/b22-17-,67-51+,73-54-,80-56?. The summed E-state index contributed by atoms with van der Waals surface area (Å²) >= 11 is 0. The minimum Gasteiger partial charge on any atom is -0.311 e. The van der Waals surface area contributed by atoms with Crippen LogP contribution in [0.1, 0.15) is 64.8 Å². The number of benzene rings is 13. The predicted molar refractivity (Wildman–Crippen MR) is 386 cm³/mol. The molecule has 13 aromatic carbocycles. The molecule has 0 heterocycles. The monoisotopic (exact) mass is 1140 g/mol. The van der Waals surface area contributed by atoms with Gasteiger partial charge in [-0.25, -0.2) is 0 Å². The van der Waals surface area contributed by atoms with E-state index in [0.29, 0.717) is 0 Å². The third-order valence-electron chi connectivity index (χ3n) is 19.7. The fraction of sp³-hybridized carbons (Fsp3) is 0.114. The normalized spacial score (nSPS) is 14.3. The molecule has 0 atom stereocenters. The van der Waals surface area contributed by atoms with Crippen molar-refractivity contribution in [2.75, 3.05) is 4.90 Å². The third-order valence-corrected chi connectivity index (χ3v) is 19.7. The van der Waals surface area contributed by atoms with E-state index < -0.39 is 0 Å². The molecule has 0 aromatic heterocycles. The van der Waals surface area contributed by atoms with Gasteiger partial charge in [0.1, 0.15) is 0 Å². The van der Waals surface area contributed by atoms with Gasteiger partial charge in [-0.1, -0.05) is 212 Å². The first-order valence-electron chi connectivity index (χ1n) is 31.4. The molecule has 13 aromatic rings. The molecular formula is C88H73N. The second-order valence-corrected chi connectivity index (χ2v) is 24.7. The van der Waals surface area contributed by atoms with Crippen molar-refractivity contribution in [2.45, 2.75) is 68.7 Å². The number of fused-ring (bicyclic) bond motifs is 5. The molecule has 0 saturated carbocycles. The van der Waals surface area contributed by atoms with Crippen molar-refractivity contribution in [1.82, 2.24) is 0 Å². The summed E-state index contributed by atoms with van der Waals surface area (Å²) < 4.78 is 0. The van der Waals surface area contributed by atoms with Gasteiger partial charge in [0, 0.05) is 17.1 Å². The van der Waals surface area contributed by atoms with Crippen molar-refractivity contribution in [1.29, 1.82) is 0 Å². The number of hydrogen-bond acceptors (Lipinski definition) is 1. The molecule has 1 heteroatoms.